The van der Waals surface area contributed by atoms with Crippen LogP contribution < -0.4 is 16.0 Å². The van der Waals surface area contributed by atoms with Crippen molar-refractivity contribution in [1.29, 1.82) is 0 Å². The summed E-state index contributed by atoms with van der Waals surface area (Å²) in [6.45, 7) is 2.52. The van der Waals surface area contributed by atoms with Crippen molar-refractivity contribution in [2.75, 3.05) is 24.5 Å². The van der Waals surface area contributed by atoms with E-state index in [1.165, 1.54) is 0 Å². The number of nitrogens with one attached hydrogen (secondary N) is 1. The van der Waals surface area contributed by atoms with Gasteiger partial charge in [-0.2, -0.15) is 9.98 Å². The number of carbonyl (C=O) groups is 1. The van der Waals surface area contributed by atoms with Gasteiger partial charge in [0, 0.05) is 36.6 Å². The number of amidine groups is 1. The molecular weight excluding hydrogens is 304 g/mol. The van der Waals surface area contributed by atoms with Crippen LogP contribution in [0.25, 0.3) is 0 Å². The first-order valence-electron chi connectivity index (χ1n) is 7.99. The number of aliphatic imine (C=N–C) groups is 3. The van der Waals surface area contributed by atoms with Crippen LogP contribution in [-0.2, 0) is 4.79 Å². The molecule has 1 fully saturated rings. The monoisotopic (exact) mass is 322 g/mol. The summed E-state index contributed by atoms with van der Waals surface area (Å²) in [5, 5.41) is 3.40. The number of carbonyl (C=O) groups excluding carboxylic acids is 1. The molecule has 3 heterocycles. The van der Waals surface area contributed by atoms with Crippen LogP contribution in [0.1, 0.15) is 6.42 Å². The van der Waals surface area contributed by atoms with E-state index >= 15 is 0 Å². The number of nitrogens with two attached hydrogens (primary N) is 1. The number of guanidine groups is 1. The van der Waals surface area contributed by atoms with Crippen molar-refractivity contribution in [3.8, 4) is 0 Å². The lowest BCUT2D eigenvalue weighted by Crippen LogP contribution is -2.39. The Morgan fingerprint density at radius 2 is 2.08 bits per heavy atom. The number of anilines is 1. The first-order valence-corrected chi connectivity index (χ1v) is 7.99. The Hall–Kier alpha value is -2.80. The molecule has 3 N–H and O–H groups in total. The van der Waals surface area contributed by atoms with Crippen LogP contribution >= 0.6 is 0 Å². The van der Waals surface area contributed by atoms with Crippen LogP contribution in [0.2, 0.25) is 0 Å². The number of amides is 1. The number of para-hydroxylation sites is 1. The minimum absolute atomic E-state index is 0.0305. The number of rotatable bonds is 4. The quantitative estimate of drug-likeness (QED) is 0.843. The Bertz CT molecular complexity index is 787. The summed E-state index contributed by atoms with van der Waals surface area (Å²) in [7, 11) is 0. The van der Waals surface area contributed by atoms with Crippen molar-refractivity contribution in [3.63, 3.8) is 0 Å². The number of hydrogen-bond donors (Lipinski definition) is 2. The molecule has 24 heavy (non-hydrogen) atoms. The van der Waals surface area contributed by atoms with Gasteiger partial charge in [0.1, 0.15) is 0 Å². The van der Waals surface area contributed by atoms with Crippen molar-refractivity contribution in [2.24, 2.45) is 20.7 Å². The fourth-order valence-electron chi connectivity index (χ4n) is 3.28. The molecule has 0 radical (unpaired) electrons. The van der Waals surface area contributed by atoms with E-state index in [0.717, 1.165) is 30.8 Å². The molecule has 0 aliphatic carbocycles. The molecule has 7 heteroatoms. The highest BCUT2D eigenvalue weighted by atomic mass is 16.1. The SMILES string of the molecule is NC1=NC(=O)C2=C(CN(c3ccccc3)C3CCNC3)C=NC2=N1. The summed E-state index contributed by atoms with van der Waals surface area (Å²) in [6.07, 6.45) is 2.77. The highest BCUT2D eigenvalue weighted by Gasteiger charge is 2.31. The molecule has 3 aliphatic rings. The Morgan fingerprint density at radius 1 is 1.25 bits per heavy atom. The first-order chi connectivity index (χ1) is 11.7. The van der Waals surface area contributed by atoms with Crippen LogP contribution in [0.4, 0.5) is 5.69 Å². The highest BCUT2D eigenvalue weighted by Crippen LogP contribution is 2.25. The number of hydrogen-bond acceptors (Lipinski definition) is 6. The second kappa shape index (κ2) is 6.01. The van der Waals surface area contributed by atoms with E-state index in [1.54, 1.807) is 6.21 Å². The molecule has 0 aromatic heterocycles. The third-order valence-electron chi connectivity index (χ3n) is 4.44. The fraction of sp³-hybridized carbons (Fsp3) is 0.294. The Morgan fingerprint density at radius 3 is 2.83 bits per heavy atom. The van der Waals surface area contributed by atoms with Crippen LogP contribution in [0.5, 0.6) is 0 Å². The maximum atomic E-state index is 12.2. The molecule has 1 aromatic rings. The van der Waals surface area contributed by atoms with E-state index in [4.69, 9.17) is 5.73 Å². The Balaban J connectivity index is 1.67. The topological polar surface area (TPSA) is 95.4 Å². The molecule has 122 valence electrons. The molecule has 0 bridgehead atoms. The summed E-state index contributed by atoms with van der Waals surface area (Å²) in [5.74, 6) is -0.0142. The normalized spacial score (nSPS) is 22.5. The van der Waals surface area contributed by atoms with Gasteiger partial charge < -0.3 is 16.0 Å². The average Bonchev–Trinajstić information content (AvgIpc) is 3.23. The van der Waals surface area contributed by atoms with E-state index in [2.05, 4.69) is 37.3 Å². The molecule has 1 saturated heterocycles. The van der Waals surface area contributed by atoms with Crippen LogP contribution in [-0.4, -0.2) is 49.6 Å². The van der Waals surface area contributed by atoms with Gasteiger partial charge in [0.15, 0.2) is 5.84 Å². The molecule has 7 nitrogen and oxygen atoms in total. The summed E-state index contributed by atoms with van der Waals surface area (Å²) < 4.78 is 0. The van der Waals surface area contributed by atoms with E-state index in [1.807, 2.05) is 18.2 Å². The first kappa shape index (κ1) is 14.8. The van der Waals surface area contributed by atoms with Crippen molar-refractivity contribution in [2.45, 2.75) is 12.5 Å². The van der Waals surface area contributed by atoms with Gasteiger partial charge in [-0.3, -0.25) is 4.79 Å². The fourth-order valence-corrected chi connectivity index (χ4v) is 3.28. The average molecular weight is 322 g/mol. The van der Waals surface area contributed by atoms with Gasteiger partial charge in [-0.15, -0.1) is 0 Å². The second-order valence-corrected chi connectivity index (χ2v) is 5.98. The molecular formula is C17H18N6O. The van der Waals surface area contributed by atoms with Crippen molar-refractivity contribution in [1.82, 2.24) is 5.32 Å². The lowest BCUT2D eigenvalue weighted by atomic mass is 10.1. The lowest BCUT2D eigenvalue weighted by Gasteiger charge is -2.31. The third-order valence-corrected chi connectivity index (χ3v) is 4.44. The molecule has 3 aliphatic heterocycles. The summed E-state index contributed by atoms with van der Waals surface area (Å²) in [5.41, 5.74) is 7.98. The smallest absolute Gasteiger partial charge is 0.284 e. The van der Waals surface area contributed by atoms with Gasteiger partial charge in [0.2, 0.25) is 5.96 Å². The molecule has 1 unspecified atom stereocenters. The van der Waals surface area contributed by atoms with Gasteiger partial charge in [-0.05, 0) is 25.1 Å². The van der Waals surface area contributed by atoms with Crippen LogP contribution in [0, 0.1) is 0 Å². The molecule has 0 spiro atoms. The van der Waals surface area contributed by atoms with Gasteiger partial charge >= 0.3 is 0 Å². The zero-order valence-electron chi connectivity index (χ0n) is 13.1. The van der Waals surface area contributed by atoms with E-state index in [9.17, 15) is 4.79 Å². The number of benzene rings is 1. The lowest BCUT2D eigenvalue weighted by molar-refractivity contribution is -0.113. The number of nitrogens with zero attached hydrogens (tertiary/aromatic N) is 4. The zero-order valence-corrected chi connectivity index (χ0v) is 13.1. The van der Waals surface area contributed by atoms with Gasteiger partial charge in [-0.1, -0.05) is 18.2 Å². The van der Waals surface area contributed by atoms with Gasteiger partial charge in [0.05, 0.1) is 5.57 Å². The minimum atomic E-state index is -0.359. The molecule has 1 amide bonds. The third kappa shape index (κ3) is 2.63. The minimum Gasteiger partial charge on any atom is -0.368 e. The molecule has 1 aromatic carbocycles. The van der Waals surface area contributed by atoms with Gasteiger partial charge in [0.25, 0.3) is 5.91 Å². The van der Waals surface area contributed by atoms with Crippen LogP contribution in [0.3, 0.4) is 0 Å². The van der Waals surface area contributed by atoms with Crippen LogP contribution in [0.15, 0.2) is 56.5 Å². The summed E-state index contributed by atoms with van der Waals surface area (Å²) in [6, 6.07) is 10.6. The zero-order chi connectivity index (χ0) is 16.5. The number of fused-ring (bicyclic) bond motifs is 1. The molecule has 1 atom stereocenters. The van der Waals surface area contributed by atoms with Crippen molar-refractivity contribution in [3.05, 3.63) is 41.5 Å². The molecule has 0 saturated carbocycles. The predicted octanol–water partition coefficient (Wildman–Crippen LogP) is 0.489. The van der Waals surface area contributed by atoms with Crippen molar-refractivity contribution < 1.29 is 4.79 Å². The van der Waals surface area contributed by atoms with Crippen molar-refractivity contribution >= 4 is 29.6 Å². The van der Waals surface area contributed by atoms with E-state index in [-0.39, 0.29) is 11.9 Å². The highest BCUT2D eigenvalue weighted by molar-refractivity contribution is 6.34. The second-order valence-electron chi connectivity index (χ2n) is 5.98. The Kier molecular flexibility index (Phi) is 3.70. The predicted molar refractivity (Wildman–Crippen MR) is 94.6 cm³/mol. The maximum absolute atomic E-state index is 12.2. The summed E-state index contributed by atoms with van der Waals surface area (Å²) in [4.78, 5) is 26.6. The largest absolute Gasteiger partial charge is 0.368 e. The summed E-state index contributed by atoms with van der Waals surface area (Å²) >= 11 is 0. The van der Waals surface area contributed by atoms with E-state index in [0.29, 0.717) is 24.0 Å². The van der Waals surface area contributed by atoms with Gasteiger partial charge in [-0.25, -0.2) is 4.99 Å². The van der Waals surface area contributed by atoms with E-state index < -0.39 is 0 Å². The molecule has 4 rings (SSSR count). The standard InChI is InChI=1S/C17H18N6O/c18-17-21-15-14(16(24)22-17)11(8-20-15)10-23(13-6-7-19-9-13)12-4-2-1-3-5-12/h1-5,8,13,19H,6-7,9-10H2,(H2,18,22,24). The maximum Gasteiger partial charge on any atom is 0.284 e. The Labute approximate surface area is 139 Å².